The van der Waals surface area contributed by atoms with E-state index in [0.717, 1.165) is 4.88 Å². The summed E-state index contributed by atoms with van der Waals surface area (Å²) in [5, 5.41) is 12.3. The molecule has 218 valence electrons. The summed E-state index contributed by atoms with van der Waals surface area (Å²) in [6.07, 6.45) is 0.551. The van der Waals surface area contributed by atoms with Gasteiger partial charge in [-0.1, -0.05) is 17.7 Å². The number of aromatic nitrogens is 1. The van der Waals surface area contributed by atoms with Gasteiger partial charge >= 0.3 is 12.1 Å². The number of carbonyl (C=O) groups excluding carboxylic acids is 1. The van der Waals surface area contributed by atoms with E-state index in [0.29, 0.717) is 44.6 Å². The van der Waals surface area contributed by atoms with Crippen LogP contribution in [0.2, 0.25) is 5.15 Å². The first kappa shape index (κ1) is 31.5. The van der Waals surface area contributed by atoms with Gasteiger partial charge in [-0.25, -0.2) is 9.78 Å². The van der Waals surface area contributed by atoms with Gasteiger partial charge in [0.15, 0.2) is 0 Å². The summed E-state index contributed by atoms with van der Waals surface area (Å²) in [4.78, 5) is 33.8. The van der Waals surface area contributed by atoms with E-state index in [4.69, 9.17) is 16.3 Å². The number of amides is 1. The minimum Gasteiger partial charge on any atom is -0.597 e. The van der Waals surface area contributed by atoms with Crippen molar-refractivity contribution in [2.45, 2.75) is 77.3 Å². The molecular weight excluding hydrogens is 658 g/mol. The number of hydrogen-bond donors (Lipinski definition) is 1. The predicted octanol–water partition coefficient (Wildman–Crippen LogP) is 8.02. The molecule has 3 atom stereocenters. The molecule has 13 heteroatoms. The molecule has 4 rings (SSSR count). The number of carbonyl (C=O) groups is 2. The minimum atomic E-state index is -1.45. The van der Waals surface area contributed by atoms with Gasteiger partial charge in [-0.3, -0.25) is 9.69 Å². The maximum atomic E-state index is 13.7. The summed E-state index contributed by atoms with van der Waals surface area (Å²) < 4.78 is 21.9. The first-order chi connectivity index (χ1) is 18.6. The summed E-state index contributed by atoms with van der Waals surface area (Å²) in [5.74, 6) is -1.71. The van der Waals surface area contributed by atoms with Crippen LogP contribution < -0.4 is 4.90 Å². The number of ether oxygens (including phenoxy) is 1. The van der Waals surface area contributed by atoms with Crippen LogP contribution in [0.4, 0.5) is 10.5 Å². The number of nitrogens with zero attached hydrogens (tertiary/aromatic N) is 3. The largest absolute Gasteiger partial charge is 0.597 e. The third-order valence-electron chi connectivity index (χ3n) is 6.26. The van der Waals surface area contributed by atoms with Crippen LogP contribution >= 0.6 is 50.2 Å². The Bertz CT molecular complexity index is 1390. The van der Waals surface area contributed by atoms with Gasteiger partial charge in [0.25, 0.3) is 0 Å². The highest BCUT2D eigenvalue weighted by molar-refractivity contribution is 9.10. The van der Waals surface area contributed by atoms with Crippen LogP contribution in [-0.4, -0.2) is 47.9 Å². The standard InChI is InChI=1S/C27H33BrClN3O5S3/c1-26(2,3)37-25(35)31(14-15-9-8-12-38-15)17-13-18(29)30-20-19(28)23(39-22(17)20)21-16(24(33)34)10-7-11-32(21)40(36)27(4,5)6/h8-9,12-13,16,21H,7,10-11,14H2,1-6H3,(H,33,34). The second-order valence-electron chi connectivity index (χ2n) is 11.6. The van der Waals surface area contributed by atoms with Gasteiger partial charge in [0.1, 0.15) is 21.5 Å². The number of rotatable bonds is 6. The number of carboxylic acids is 1. The van der Waals surface area contributed by atoms with Crippen molar-refractivity contribution < 1.29 is 24.0 Å². The summed E-state index contributed by atoms with van der Waals surface area (Å²) in [6.45, 7) is 11.8. The Kier molecular flexibility index (Phi) is 9.51. The van der Waals surface area contributed by atoms with Crippen LogP contribution in [0.5, 0.6) is 0 Å². The number of halogens is 2. The molecule has 0 spiro atoms. The molecule has 3 aromatic heterocycles. The lowest BCUT2D eigenvalue weighted by Crippen LogP contribution is -2.50. The van der Waals surface area contributed by atoms with Gasteiger partial charge in [0.05, 0.1) is 32.8 Å². The van der Waals surface area contributed by atoms with Crippen LogP contribution in [0, 0.1) is 5.92 Å². The van der Waals surface area contributed by atoms with Gasteiger partial charge in [-0.2, -0.15) is 0 Å². The molecule has 8 nitrogen and oxygen atoms in total. The lowest BCUT2D eigenvalue weighted by Gasteiger charge is -2.42. The molecule has 1 aliphatic rings. The number of pyridine rings is 1. The first-order valence-electron chi connectivity index (χ1n) is 12.8. The van der Waals surface area contributed by atoms with Crippen molar-refractivity contribution in [1.29, 1.82) is 0 Å². The summed E-state index contributed by atoms with van der Waals surface area (Å²) >= 11 is 11.6. The van der Waals surface area contributed by atoms with Crippen LogP contribution in [0.1, 0.15) is 70.2 Å². The molecule has 40 heavy (non-hydrogen) atoms. The SMILES string of the molecule is CC(C)(C)OC(=O)N(Cc1cccs1)c1cc(Cl)nc2c(Br)c(C3C(C(=O)O)CCCN3[S+]([O-])C(C)(C)C)sc12. The molecule has 1 aliphatic heterocycles. The van der Waals surface area contributed by atoms with E-state index in [2.05, 4.69) is 20.9 Å². The minimum absolute atomic E-state index is 0.181. The molecule has 3 unspecified atom stereocenters. The molecule has 4 heterocycles. The van der Waals surface area contributed by atoms with Crippen LogP contribution in [0.25, 0.3) is 10.2 Å². The van der Waals surface area contributed by atoms with Crippen molar-refractivity contribution in [2.75, 3.05) is 11.4 Å². The van der Waals surface area contributed by atoms with Crippen LogP contribution in [0.15, 0.2) is 28.1 Å². The number of carboxylic acid groups (broad SMARTS) is 1. The second kappa shape index (κ2) is 12.1. The normalized spacial score (nSPS) is 19.5. The van der Waals surface area contributed by atoms with E-state index >= 15 is 0 Å². The van der Waals surface area contributed by atoms with Crippen molar-refractivity contribution in [3.05, 3.63) is 43.0 Å². The summed E-state index contributed by atoms with van der Waals surface area (Å²) in [6, 6.07) is 4.84. The number of thiophene rings is 2. The highest BCUT2D eigenvalue weighted by Gasteiger charge is 2.48. The Morgan fingerprint density at radius 2 is 2.02 bits per heavy atom. The number of piperidine rings is 1. The van der Waals surface area contributed by atoms with Crippen molar-refractivity contribution in [3.8, 4) is 0 Å². The number of fused-ring (bicyclic) bond motifs is 1. The Labute approximate surface area is 259 Å². The molecule has 1 fully saturated rings. The Morgan fingerprint density at radius 1 is 1.32 bits per heavy atom. The predicted molar refractivity (Wildman–Crippen MR) is 167 cm³/mol. The quantitative estimate of drug-likeness (QED) is 0.206. The van der Waals surface area contributed by atoms with Crippen molar-refractivity contribution in [1.82, 2.24) is 9.29 Å². The average molecular weight is 691 g/mol. The van der Waals surface area contributed by atoms with Gasteiger partial charge < -0.3 is 14.4 Å². The Morgan fingerprint density at radius 3 is 2.60 bits per heavy atom. The number of hydrogen-bond acceptors (Lipinski definition) is 8. The first-order valence-corrected chi connectivity index (χ1v) is 16.8. The molecule has 0 radical (unpaired) electrons. The van der Waals surface area contributed by atoms with E-state index in [-0.39, 0.29) is 11.7 Å². The molecule has 0 aromatic carbocycles. The maximum Gasteiger partial charge on any atom is 0.415 e. The van der Waals surface area contributed by atoms with Gasteiger partial charge in [-0.05, 0) is 81.8 Å². The molecular formula is C27H33BrClN3O5S3. The average Bonchev–Trinajstić information content (AvgIpc) is 3.47. The van der Waals surface area contributed by atoms with Crippen molar-refractivity contribution in [3.63, 3.8) is 0 Å². The fourth-order valence-corrected chi connectivity index (χ4v) is 9.24. The highest BCUT2D eigenvalue weighted by atomic mass is 79.9. The van der Waals surface area contributed by atoms with Gasteiger partial charge in [0.2, 0.25) is 0 Å². The Balaban J connectivity index is 1.91. The van der Waals surface area contributed by atoms with E-state index in [1.165, 1.54) is 22.7 Å². The molecule has 3 aromatic rings. The van der Waals surface area contributed by atoms with Crippen molar-refractivity contribution in [2.24, 2.45) is 5.92 Å². The number of aliphatic carboxylic acids is 1. The lowest BCUT2D eigenvalue weighted by atomic mass is 9.90. The molecule has 0 aliphatic carbocycles. The maximum absolute atomic E-state index is 13.7. The zero-order valence-corrected chi connectivity index (χ0v) is 28.0. The Hall–Kier alpha value is -1.41. The monoisotopic (exact) mass is 689 g/mol. The molecule has 0 saturated carbocycles. The number of anilines is 1. The molecule has 1 amide bonds. The third-order valence-corrected chi connectivity index (χ3v) is 11.5. The lowest BCUT2D eigenvalue weighted by molar-refractivity contribution is -0.145. The second-order valence-corrected chi connectivity index (χ2v) is 17.1. The van der Waals surface area contributed by atoms with Gasteiger partial charge in [0, 0.05) is 33.7 Å². The third kappa shape index (κ3) is 6.79. The smallest absolute Gasteiger partial charge is 0.415 e. The fourth-order valence-electron chi connectivity index (χ4n) is 4.60. The van der Waals surface area contributed by atoms with E-state index in [1.54, 1.807) is 15.3 Å². The van der Waals surface area contributed by atoms with Gasteiger partial charge in [-0.15, -0.1) is 27.0 Å². The van der Waals surface area contributed by atoms with E-state index in [9.17, 15) is 19.2 Å². The van der Waals surface area contributed by atoms with Crippen LogP contribution in [0.3, 0.4) is 0 Å². The zero-order chi connectivity index (χ0) is 29.6. The van der Waals surface area contributed by atoms with E-state index < -0.39 is 45.7 Å². The highest BCUT2D eigenvalue weighted by Crippen LogP contribution is 2.50. The zero-order valence-electron chi connectivity index (χ0n) is 23.2. The fraction of sp³-hybridized carbons (Fsp3) is 0.519. The van der Waals surface area contributed by atoms with Crippen molar-refractivity contribution >= 4 is 89.5 Å². The van der Waals surface area contributed by atoms with E-state index in [1.807, 2.05) is 59.1 Å². The summed E-state index contributed by atoms with van der Waals surface area (Å²) in [7, 11) is 0. The molecule has 0 bridgehead atoms. The topological polar surface area (TPSA) is 106 Å². The summed E-state index contributed by atoms with van der Waals surface area (Å²) in [5.41, 5.74) is 0.301. The molecule has 1 N–H and O–H groups in total. The molecule has 1 saturated heterocycles. The van der Waals surface area contributed by atoms with Crippen LogP contribution in [-0.2, 0) is 27.4 Å².